The third-order valence-corrected chi connectivity index (χ3v) is 4.41. The molecule has 2 aromatic heterocycles. The molecule has 1 fully saturated rings. The van der Waals surface area contributed by atoms with Gasteiger partial charge in [0.05, 0.1) is 19.9 Å². The first-order valence-electron chi connectivity index (χ1n) is 8.68. The third kappa shape index (κ3) is 4.27. The van der Waals surface area contributed by atoms with Crippen LogP contribution >= 0.6 is 0 Å². The van der Waals surface area contributed by atoms with Gasteiger partial charge in [-0.25, -0.2) is 0 Å². The highest BCUT2D eigenvalue weighted by molar-refractivity contribution is 5.35. The van der Waals surface area contributed by atoms with Crippen LogP contribution in [0.25, 0.3) is 0 Å². The summed E-state index contributed by atoms with van der Waals surface area (Å²) < 4.78 is 10.3. The first kappa shape index (κ1) is 18.1. The highest BCUT2D eigenvalue weighted by Gasteiger charge is 2.24. The molecule has 1 aliphatic heterocycles. The molecule has 140 valence electrons. The minimum absolute atomic E-state index is 0.263. The molecule has 0 aliphatic carbocycles. The molecule has 26 heavy (non-hydrogen) atoms. The van der Waals surface area contributed by atoms with Crippen LogP contribution in [-0.4, -0.2) is 66.6 Å². The lowest BCUT2D eigenvalue weighted by Gasteiger charge is -2.32. The molecule has 3 rings (SSSR count). The fraction of sp³-hybridized carbons (Fsp3) is 0.588. The lowest BCUT2D eigenvalue weighted by atomic mass is 9.93. The molecule has 1 saturated heterocycles. The molecule has 3 heterocycles. The van der Waals surface area contributed by atoms with Gasteiger partial charge in [0.15, 0.2) is 5.82 Å². The standard InChI is InChI=1S/C17H25N7O2/c1-23(2)14-8-7-13(21-22-14)10-12-6-5-9-24(11-12)15-18-16(25-3)20-17(19-15)26-4/h7-8,12H,5-6,9-11H2,1-4H3. The summed E-state index contributed by atoms with van der Waals surface area (Å²) in [6.45, 7) is 1.76. The van der Waals surface area contributed by atoms with Crippen LogP contribution in [0, 0.1) is 5.92 Å². The molecular weight excluding hydrogens is 334 g/mol. The van der Waals surface area contributed by atoms with Crippen LogP contribution in [0.4, 0.5) is 11.8 Å². The highest BCUT2D eigenvalue weighted by Crippen LogP contribution is 2.25. The van der Waals surface area contributed by atoms with E-state index in [9.17, 15) is 0 Å². The summed E-state index contributed by atoms with van der Waals surface area (Å²) in [7, 11) is 6.99. The summed E-state index contributed by atoms with van der Waals surface area (Å²) in [5, 5.41) is 8.62. The van der Waals surface area contributed by atoms with Crippen LogP contribution in [0.5, 0.6) is 12.0 Å². The van der Waals surface area contributed by atoms with Crippen LogP contribution in [0.1, 0.15) is 18.5 Å². The van der Waals surface area contributed by atoms with E-state index in [2.05, 4.69) is 36.1 Å². The second-order valence-electron chi connectivity index (χ2n) is 6.54. The number of hydrogen-bond donors (Lipinski definition) is 0. The van der Waals surface area contributed by atoms with Gasteiger partial charge >= 0.3 is 12.0 Å². The Labute approximate surface area is 153 Å². The minimum atomic E-state index is 0.263. The Morgan fingerprint density at radius 1 is 1.08 bits per heavy atom. The zero-order valence-corrected chi connectivity index (χ0v) is 15.7. The average molecular weight is 359 g/mol. The van der Waals surface area contributed by atoms with Gasteiger partial charge in [0, 0.05) is 27.2 Å². The van der Waals surface area contributed by atoms with E-state index in [1.165, 1.54) is 14.2 Å². The van der Waals surface area contributed by atoms with E-state index in [0.29, 0.717) is 11.9 Å². The topological polar surface area (TPSA) is 89.4 Å². The van der Waals surface area contributed by atoms with Crippen molar-refractivity contribution in [2.45, 2.75) is 19.3 Å². The largest absolute Gasteiger partial charge is 0.467 e. The van der Waals surface area contributed by atoms with Gasteiger partial charge in [0.25, 0.3) is 0 Å². The Balaban J connectivity index is 1.69. The Morgan fingerprint density at radius 3 is 2.38 bits per heavy atom. The molecule has 2 aromatic rings. The van der Waals surface area contributed by atoms with Gasteiger partial charge in [-0.1, -0.05) is 0 Å². The molecule has 0 saturated carbocycles. The molecule has 0 N–H and O–H groups in total. The van der Waals surface area contributed by atoms with Crippen molar-refractivity contribution in [2.75, 3.05) is 51.2 Å². The van der Waals surface area contributed by atoms with Crippen molar-refractivity contribution in [3.8, 4) is 12.0 Å². The monoisotopic (exact) mass is 359 g/mol. The number of methoxy groups -OCH3 is 2. The van der Waals surface area contributed by atoms with E-state index < -0.39 is 0 Å². The van der Waals surface area contributed by atoms with E-state index >= 15 is 0 Å². The number of anilines is 2. The second-order valence-corrected chi connectivity index (χ2v) is 6.54. The Hall–Kier alpha value is -2.71. The number of ether oxygens (including phenoxy) is 2. The van der Waals surface area contributed by atoms with E-state index in [1.807, 2.05) is 25.1 Å². The fourth-order valence-corrected chi connectivity index (χ4v) is 3.06. The van der Waals surface area contributed by atoms with Gasteiger partial charge in [-0.3, -0.25) is 0 Å². The van der Waals surface area contributed by atoms with E-state index in [4.69, 9.17) is 9.47 Å². The summed E-state index contributed by atoms with van der Waals surface area (Å²) in [6, 6.07) is 4.58. The van der Waals surface area contributed by atoms with Crippen LogP contribution < -0.4 is 19.3 Å². The Bertz CT molecular complexity index is 701. The first-order chi connectivity index (χ1) is 12.6. The normalized spacial score (nSPS) is 17.1. The fourth-order valence-electron chi connectivity index (χ4n) is 3.06. The molecule has 0 bridgehead atoms. The van der Waals surface area contributed by atoms with Crippen molar-refractivity contribution in [3.63, 3.8) is 0 Å². The number of piperidine rings is 1. The maximum Gasteiger partial charge on any atom is 0.324 e. The van der Waals surface area contributed by atoms with Crippen molar-refractivity contribution >= 4 is 11.8 Å². The predicted molar refractivity (Wildman–Crippen MR) is 97.9 cm³/mol. The number of rotatable bonds is 6. The molecule has 1 atom stereocenters. The summed E-state index contributed by atoms with van der Waals surface area (Å²) in [4.78, 5) is 16.9. The van der Waals surface area contributed by atoms with E-state index in [-0.39, 0.29) is 12.0 Å². The van der Waals surface area contributed by atoms with Gasteiger partial charge in [0.1, 0.15) is 0 Å². The quantitative estimate of drug-likeness (QED) is 0.754. The molecule has 0 amide bonds. The van der Waals surface area contributed by atoms with Crippen molar-refractivity contribution in [1.82, 2.24) is 25.1 Å². The molecule has 0 radical (unpaired) electrons. The zero-order valence-electron chi connectivity index (χ0n) is 15.7. The lowest BCUT2D eigenvalue weighted by molar-refractivity contribution is 0.336. The number of aromatic nitrogens is 5. The van der Waals surface area contributed by atoms with Crippen LogP contribution in [0.3, 0.4) is 0 Å². The van der Waals surface area contributed by atoms with Crippen molar-refractivity contribution in [2.24, 2.45) is 5.92 Å². The molecule has 9 nitrogen and oxygen atoms in total. The minimum Gasteiger partial charge on any atom is -0.467 e. The number of hydrogen-bond acceptors (Lipinski definition) is 9. The van der Waals surface area contributed by atoms with Gasteiger partial charge in [0.2, 0.25) is 5.95 Å². The molecule has 1 aliphatic rings. The average Bonchev–Trinajstić information content (AvgIpc) is 2.68. The van der Waals surface area contributed by atoms with Gasteiger partial charge in [-0.2, -0.15) is 15.1 Å². The summed E-state index contributed by atoms with van der Waals surface area (Å²) in [5.74, 6) is 1.92. The lowest BCUT2D eigenvalue weighted by Crippen LogP contribution is -2.37. The van der Waals surface area contributed by atoms with Crippen molar-refractivity contribution < 1.29 is 9.47 Å². The van der Waals surface area contributed by atoms with Crippen LogP contribution in [0.15, 0.2) is 12.1 Å². The highest BCUT2D eigenvalue weighted by atomic mass is 16.5. The van der Waals surface area contributed by atoms with E-state index in [1.54, 1.807) is 0 Å². The molecule has 1 unspecified atom stereocenters. The van der Waals surface area contributed by atoms with Crippen molar-refractivity contribution in [1.29, 1.82) is 0 Å². The molecule has 9 heteroatoms. The first-order valence-corrected chi connectivity index (χ1v) is 8.68. The van der Waals surface area contributed by atoms with Gasteiger partial charge < -0.3 is 19.3 Å². The number of nitrogens with zero attached hydrogens (tertiary/aromatic N) is 7. The van der Waals surface area contributed by atoms with Gasteiger partial charge in [-0.05, 0) is 37.3 Å². The summed E-state index contributed by atoms with van der Waals surface area (Å²) in [6.07, 6.45) is 3.10. The Morgan fingerprint density at radius 2 is 1.81 bits per heavy atom. The van der Waals surface area contributed by atoms with Gasteiger partial charge in [-0.15, -0.1) is 10.1 Å². The zero-order chi connectivity index (χ0) is 18.5. The van der Waals surface area contributed by atoms with Crippen molar-refractivity contribution in [3.05, 3.63) is 17.8 Å². The maximum atomic E-state index is 5.15. The predicted octanol–water partition coefficient (Wildman–Crippen LogP) is 1.20. The molecule has 0 spiro atoms. The molecule has 0 aromatic carbocycles. The summed E-state index contributed by atoms with van der Waals surface area (Å²) >= 11 is 0. The van der Waals surface area contributed by atoms with Crippen LogP contribution in [0.2, 0.25) is 0 Å². The summed E-state index contributed by atoms with van der Waals surface area (Å²) in [5.41, 5.74) is 1.01. The smallest absolute Gasteiger partial charge is 0.324 e. The molecular formula is C17H25N7O2. The Kier molecular flexibility index (Phi) is 5.65. The SMILES string of the molecule is COc1nc(OC)nc(N2CCCC(Cc3ccc(N(C)C)nn3)C2)n1. The third-order valence-electron chi connectivity index (χ3n) is 4.41. The van der Waals surface area contributed by atoms with E-state index in [0.717, 1.165) is 43.9 Å². The second kappa shape index (κ2) is 8.11. The maximum absolute atomic E-state index is 5.15. The van der Waals surface area contributed by atoms with Crippen LogP contribution in [-0.2, 0) is 6.42 Å².